The minimum atomic E-state index is -0.0678. The molecule has 0 fully saturated rings. The van der Waals surface area contributed by atoms with Crippen molar-refractivity contribution in [2.75, 3.05) is 0 Å². The number of rotatable bonds is 4. The van der Waals surface area contributed by atoms with Gasteiger partial charge in [-0.05, 0) is 105 Å². The fourth-order valence-corrected chi connectivity index (χ4v) is 7.53. The summed E-state index contributed by atoms with van der Waals surface area (Å²) >= 11 is 0. The molecule has 8 aromatic rings. The second-order valence-corrected chi connectivity index (χ2v) is 13.2. The van der Waals surface area contributed by atoms with E-state index in [1.54, 1.807) is 0 Å². The number of fused-ring (bicyclic) bond motifs is 10. The summed E-state index contributed by atoms with van der Waals surface area (Å²) in [6.45, 7) is 0. The van der Waals surface area contributed by atoms with Gasteiger partial charge in [0.25, 0.3) is 0 Å². The molecule has 0 amide bonds. The molecule has 2 aliphatic rings. The monoisotopic (exact) mass is 666 g/mol. The minimum Gasteiger partial charge on any atom is -0.456 e. The van der Waals surface area contributed by atoms with Crippen LogP contribution in [0, 0.1) is 0 Å². The standard InChI is InChI=1S/C49H30O3/c50-49(35-21-25-47-43(29-35)39-17-9-7-15-37(39)41-27-33(19-23-45(41)51-47)31-11-3-1-4-12-31)36-22-26-48-44(30-36)40-18-10-8-16-38(40)42-28-34(20-24-46(42)52-48)32-13-5-2-6-14-32/h1-30H. The highest BCUT2D eigenvalue weighted by Gasteiger charge is 2.25. The van der Waals surface area contributed by atoms with Crippen LogP contribution >= 0.6 is 0 Å². The molecule has 0 spiro atoms. The molecule has 0 aromatic heterocycles. The average Bonchev–Trinajstić information content (AvgIpc) is 3.44. The van der Waals surface area contributed by atoms with Crippen molar-refractivity contribution in [3.05, 3.63) is 193 Å². The maximum absolute atomic E-state index is 14.4. The second kappa shape index (κ2) is 12.1. The van der Waals surface area contributed by atoms with Crippen LogP contribution in [-0.4, -0.2) is 5.78 Å². The molecule has 0 aliphatic carbocycles. The van der Waals surface area contributed by atoms with Gasteiger partial charge >= 0.3 is 0 Å². The molecule has 0 saturated carbocycles. The summed E-state index contributed by atoms with van der Waals surface area (Å²) in [5.74, 6) is 2.93. The van der Waals surface area contributed by atoms with E-state index in [0.717, 1.165) is 78.3 Å². The van der Waals surface area contributed by atoms with E-state index in [2.05, 4.69) is 97.1 Å². The summed E-state index contributed by atoms with van der Waals surface area (Å²) < 4.78 is 13.2. The Bertz CT molecular complexity index is 2510. The van der Waals surface area contributed by atoms with Crippen LogP contribution in [-0.2, 0) is 0 Å². The van der Waals surface area contributed by atoms with E-state index in [0.29, 0.717) is 22.6 Å². The minimum absolute atomic E-state index is 0.0678. The molecule has 0 radical (unpaired) electrons. The fourth-order valence-electron chi connectivity index (χ4n) is 7.53. The van der Waals surface area contributed by atoms with Gasteiger partial charge in [-0.25, -0.2) is 0 Å². The lowest BCUT2D eigenvalue weighted by Gasteiger charge is -2.13. The molecule has 3 nitrogen and oxygen atoms in total. The van der Waals surface area contributed by atoms with Gasteiger partial charge < -0.3 is 9.47 Å². The molecule has 10 rings (SSSR count). The molecule has 2 aliphatic heterocycles. The zero-order valence-electron chi connectivity index (χ0n) is 28.0. The van der Waals surface area contributed by atoms with Crippen LogP contribution < -0.4 is 9.47 Å². The summed E-state index contributed by atoms with van der Waals surface area (Å²) in [5, 5.41) is 0. The van der Waals surface area contributed by atoms with E-state index < -0.39 is 0 Å². The number of carbonyl (C=O) groups excluding carboxylic acids is 1. The third-order valence-electron chi connectivity index (χ3n) is 10.1. The highest BCUT2D eigenvalue weighted by atomic mass is 16.5. The molecule has 8 aromatic carbocycles. The van der Waals surface area contributed by atoms with Crippen molar-refractivity contribution in [3.63, 3.8) is 0 Å². The maximum Gasteiger partial charge on any atom is 0.193 e. The summed E-state index contributed by atoms with van der Waals surface area (Å²) in [6, 6.07) is 61.5. The second-order valence-electron chi connectivity index (χ2n) is 13.2. The summed E-state index contributed by atoms with van der Waals surface area (Å²) in [4.78, 5) is 14.4. The zero-order valence-corrected chi connectivity index (χ0v) is 28.0. The number of carbonyl (C=O) groups is 1. The fraction of sp³-hybridized carbons (Fsp3) is 0. The Morgan fingerprint density at radius 1 is 0.288 bits per heavy atom. The van der Waals surface area contributed by atoms with Gasteiger partial charge in [-0.2, -0.15) is 0 Å². The summed E-state index contributed by atoms with van der Waals surface area (Å²) in [5.41, 5.74) is 13.7. The number of hydrogen-bond acceptors (Lipinski definition) is 3. The lowest BCUT2D eigenvalue weighted by Crippen LogP contribution is -2.03. The van der Waals surface area contributed by atoms with Crippen LogP contribution in [0.5, 0.6) is 23.0 Å². The third kappa shape index (κ3) is 5.02. The average molecular weight is 667 g/mol. The maximum atomic E-state index is 14.4. The van der Waals surface area contributed by atoms with Crippen molar-refractivity contribution < 1.29 is 14.3 Å². The first-order valence-corrected chi connectivity index (χ1v) is 17.4. The molecule has 3 heteroatoms. The van der Waals surface area contributed by atoms with Crippen molar-refractivity contribution in [1.29, 1.82) is 0 Å². The van der Waals surface area contributed by atoms with Gasteiger partial charge in [0.05, 0.1) is 0 Å². The van der Waals surface area contributed by atoms with Gasteiger partial charge in [-0.3, -0.25) is 4.79 Å². The highest BCUT2D eigenvalue weighted by molar-refractivity contribution is 6.11. The molecule has 0 atom stereocenters. The van der Waals surface area contributed by atoms with Crippen molar-refractivity contribution >= 4 is 5.78 Å². The Hall–Kier alpha value is -6.97. The first-order valence-electron chi connectivity index (χ1n) is 17.4. The molecule has 244 valence electrons. The van der Waals surface area contributed by atoms with E-state index in [-0.39, 0.29) is 5.78 Å². The lowest BCUT2D eigenvalue weighted by atomic mass is 9.90. The van der Waals surface area contributed by atoms with E-state index >= 15 is 0 Å². The molecule has 0 saturated heterocycles. The van der Waals surface area contributed by atoms with Crippen molar-refractivity contribution in [1.82, 2.24) is 0 Å². The Balaban J connectivity index is 1.04. The van der Waals surface area contributed by atoms with Gasteiger partial charge in [0.15, 0.2) is 5.78 Å². The van der Waals surface area contributed by atoms with Gasteiger partial charge in [0, 0.05) is 33.4 Å². The molecule has 52 heavy (non-hydrogen) atoms. The zero-order chi connectivity index (χ0) is 34.6. The van der Waals surface area contributed by atoms with Gasteiger partial charge in [0.2, 0.25) is 0 Å². The van der Waals surface area contributed by atoms with Crippen LogP contribution in [0.25, 0.3) is 66.8 Å². The van der Waals surface area contributed by atoms with Crippen LogP contribution in [0.4, 0.5) is 0 Å². The van der Waals surface area contributed by atoms with Crippen molar-refractivity contribution in [2.24, 2.45) is 0 Å². The predicted octanol–water partition coefficient (Wildman–Crippen LogP) is 13.1. The molecule has 0 N–H and O–H groups in total. The molecule has 2 heterocycles. The lowest BCUT2D eigenvalue weighted by molar-refractivity contribution is 0.103. The topological polar surface area (TPSA) is 35.5 Å². The first kappa shape index (κ1) is 29.9. The Morgan fingerprint density at radius 3 is 1.00 bits per heavy atom. The SMILES string of the molecule is O=C(c1ccc2c(c1)-c1ccccc1-c1cc(-c3ccccc3)ccc1O2)c1ccc2c(c1)-c1ccccc1-c1cc(-c3ccccc3)ccc1O2. The Morgan fingerprint density at radius 2 is 0.615 bits per heavy atom. The smallest absolute Gasteiger partial charge is 0.193 e. The highest BCUT2D eigenvalue weighted by Crippen LogP contribution is 2.50. The summed E-state index contributed by atoms with van der Waals surface area (Å²) in [6.07, 6.45) is 0. The third-order valence-corrected chi connectivity index (χ3v) is 10.1. The van der Waals surface area contributed by atoms with Gasteiger partial charge in [0.1, 0.15) is 23.0 Å². The molecule has 0 bridgehead atoms. The predicted molar refractivity (Wildman–Crippen MR) is 209 cm³/mol. The Kier molecular flexibility index (Phi) is 6.97. The van der Waals surface area contributed by atoms with E-state index in [1.165, 1.54) is 0 Å². The molecular formula is C49H30O3. The van der Waals surface area contributed by atoms with Crippen LogP contribution in [0.15, 0.2) is 182 Å². The van der Waals surface area contributed by atoms with Gasteiger partial charge in [-0.15, -0.1) is 0 Å². The largest absolute Gasteiger partial charge is 0.456 e. The number of ether oxygens (including phenoxy) is 2. The molecule has 0 unspecified atom stereocenters. The van der Waals surface area contributed by atoms with Gasteiger partial charge in [-0.1, -0.05) is 121 Å². The first-order chi connectivity index (χ1) is 25.7. The summed E-state index contributed by atoms with van der Waals surface area (Å²) in [7, 11) is 0. The normalized spacial score (nSPS) is 11.8. The van der Waals surface area contributed by atoms with Crippen LogP contribution in [0.3, 0.4) is 0 Å². The Labute approximate surface area is 302 Å². The van der Waals surface area contributed by atoms with Crippen molar-refractivity contribution in [2.45, 2.75) is 0 Å². The van der Waals surface area contributed by atoms with Crippen molar-refractivity contribution in [3.8, 4) is 89.8 Å². The van der Waals surface area contributed by atoms with Crippen LogP contribution in [0.2, 0.25) is 0 Å². The van der Waals surface area contributed by atoms with E-state index in [1.807, 2.05) is 84.9 Å². The van der Waals surface area contributed by atoms with E-state index in [4.69, 9.17) is 9.47 Å². The number of ketones is 1. The molecular weight excluding hydrogens is 637 g/mol. The van der Waals surface area contributed by atoms with E-state index in [9.17, 15) is 4.79 Å². The quantitative estimate of drug-likeness (QED) is 0.175. The number of benzene rings is 8. The van der Waals surface area contributed by atoms with Crippen LogP contribution in [0.1, 0.15) is 15.9 Å². The number of hydrogen-bond donors (Lipinski definition) is 0.